The normalized spacial score (nSPS) is 11.9. The molecule has 1 amide bonds. The standard InChI is InChI=1S/C14H9N5O/c1-19-13-5-11(3-2-9(13)4-14(19)20)18-12(8-17)10(6-15)7-16/h2-3,5,18H,4H2,1H3. The molecule has 6 nitrogen and oxygen atoms in total. The van der Waals surface area contributed by atoms with Gasteiger partial charge in [0, 0.05) is 18.4 Å². The highest BCUT2D eigenvalue weighted by molar-refractivity contribution is 6.01. The monoisotopic (exact) mass is 263 g/mol. The first-order chi connectivity index (χ1) is 9.60. The number of carbonyl (C=O) groups is 1. The second-order valence-electron chi connectivity index (χ2n) is 4.18. The fourth-order valence-electron chi connectivity index (χ4n) is 1.95. The first-order valence-electron chi connectivity index (χ1n) is 5.71. The van der Waals surface area contributed by atoms with Crippen LogP contribution in [0.2, 0.25) is 0 Å². The molecular formula is C14H9N5O. The molecule has 1 aliphatic rings. The first kappa shape index (κ1) is 13.1. The van der Waals surface area contributed by atoms with E-state index in [1.165, 1.54) is 4.90 Å². The fourth-order valence-corrected chi connectivity index (χ4v) is 1.95. The SMILES string of the molecule is CN1C(=O)Cc2ccc(NC(C#N)=C(C#N)C#N)cc21. The van der Waals surface area contributed by atoms with E-state index in [4.69, 9.17) is 15.8 Å². The van der Waals surface area contributed by atoms with Gasteiger partial charge in [0.1, 0.15) is 23.9 Å². The minimum atomic E-state index is -0.280. The summed E-state index contributed by atoms with van der Waals surface area (Å²) >= 11 is 0. The molecule has 1 aromatic rings. The Balaban J connectivity index is 2.37. The molecule has 0 fully saturated rings. The molecule has 6 heteroatoms. The van der Waals surface area contributed by atoms with Crippen LogP contribution in [-0.4, -0.2) is 13.0 Å². The molecule has 0 unspecified atom stereocenters. The van der Waals surface area contributed by atoms with E-state index in [1.807, 2.05) is 0 Å². The van der Waals surface area contributed by atoms with Crippen molar-refractivity contribution in [1.29, 1.82) is 15.8 Å². The molecule has 0 spiro atoms. The van der Waals surface area contributed by atoms with Crippen molar-refractivity contribution in [3.8, 4) is 18.2 Å². The van der Waals surface area contributed by atoms with Gasteiger partial charge in [-0.2, -0.15) is 15.8 Å². The van der Waals surface area contributed by atoms with Crippen LogP contribution in [0.3, 0.4) is 0 Å². The third-order valence-electron chi connectivity index (χ3n) is 3.02. The molecular weight excluding hydrogens is 254 g/mol. The highest BCUT2D eigenvalue weighted by Gasteiger charge is 2.24. The number of likely N-dealkylation sites (N-methyl/N-ethyl adjacent to an activating group) is 1. The predicted molar refractivity (Wildman–Crippen MR) is 71.0 cm³/mol. The second kappa shape index (κ2) is 5.14. The quantitative estimate of drug-likeness (QED) is 0.813. The van der Waals surface area contributed by atoms with Gasteiger partial charge in [0.05, 0.1) is 6.42 Å². The number of fused-ring (bicyclic) bond motifs is 1. The van der Waals surface area contributed by atoms with Gasteiger partial charge in [-0.1, -0.05) is 6.07 Å². The Kier molecular flexibility index (Phi) is 3.37. The maximum Gasteiger partial charge on any atom is 0.231 e. The molecule has 1 heterocycles. The van der Waals surface area contributed by atoms with E-state index in [0.29, 0.717) is 12.1 Å². The van der Waals surface area contributed by atoms with Crippen LogP contribution in [0.5, 0.6) is 0 Å². The van der Waals surface area contributed by atoms with Gasteiger partial charge in [0.25, 0.3) is 0 Å². The van der Waals surface area contributed by atoms with Crippen molar-refractivity contribution < 1.29 is 4.79 Å². The van der Waals surface area contributed by atoms with Crippen LogP contribution < -0.4 is 10.2 Å². The summed E-state index contributed by atoms with van der Waals surface area (Å²) in [6.07, 6.45) is 0.356. The van der Waals surface area contributed by atoms with Crippen LogP contribution in [0.15, 0.2) is 29.5 Å². The number of hydrogen-bond acceptors (Lipinski definition) is 5. The van der Waals surface area contributed by atoms with Gasteiger partial charge in [-0.15, -0.1) is 0 Å². The molecule has 0 saturated heterocycles. The Morgan fingerprint density at radius 3 is 2.55 bits per heavy atom. The van der Waals surface area contributed by atoms with Crippen molar-refractivity contribution in [2.45, 2.75) is 6.42 Å². The third-order valence-corrected chi connectivity index (χ3v) is 3.02. The lowest BCUT2D eigenvalue weighted by Gasteiger charge is -2.12. The van der Waals surface area contributed by atoms with Gasteiger partial charge in [0.15, 0.2) is 5.57 Å². The molecule has 1 aromatic carbocycles. The molecule has 96 valence electrons. The largest absolute Gasteiger partial charge is 0.345 e. The maximum absolute atomic E-state index is 11.6. The minimum absolute atomic E-state index is 0.00272. The number of allylic oxidation sites excluding steroid dienone is 2. The van der Waals surface area contributed by atoms with E-state index < -0.39 is 0 Å². The van der Waals surface area contributed by atoms with Crippen LogP contribution in [0.4, 0.5) is 11.4 Å². The Morgan fingerprint density at radius 2 is 1.95 bits per heavy atom. The Labute approximate surface area is 115 Å². The molecule has 0 radical (unpaired) electrons. The summed E-state index contributed by atoms with van der Waals surface area (Å²) < 4.78 is 0. The maximum atomic E-state index is 11.6. The summed E-state index contributed by atoms with van der Waals surface area (Å²) in [7, 11) is 1.68. The zero-order valence-electron chi connectivity index (χ0n) is 10.6. The van der Waals surface area contributed by atoms with E-state index >= 15 is 0 Å². The summed E-state index contributed by atoms with van der Waals surface area (Å²) in [6.45, 7) is 0. The van der Waals surface area contributed by atoms with E-state index in [-0.39, 0.29) is 17.2 Å². The molecule has 0 saturated carbocycles. The van der Waals surface area contributed by atoms with Gasteiger partial charge in [-0.25, -0.2) is 0 Å². The van der Waals surface area contributed by atoms with Crippen molar-refractivity contribution in [3.63, 3.8) is 0 Å². The van der Waals surface area contributed by atoms with E-state index in [2.05, 4.69) is 5.32 Å². The molecule has 0 aromatic heterocycles. The van der Waals surface area contributed by atoms with Crippen molar-refractivity contribution in [1.82, 2.24) is 0 Å². The van der Waals surface area contributed by atoms with Crippen molar-refractivity contribution in [2.24, 2.45) is 0 Å². The number of nitrogens with zero attached hydrogens (tertiary/aromatic N) is 4. The smallest absolute Gasteiger partial charge is 0.231 e. The third kappa shape index (κ3) is 2.16. The topological polar surface area (TPSA) is 104 Å². The number of hydrogen-bond donors (Lipinski definition) is 1. The summed E-state index contributed by atoms with van der Waals surface area (Å²) in [5.74, 6) is 0.00272. The summed E-state index contributed by atoms with van der Waals surface area (Å²) in [5, 5.41) is 29.2. The number of nitrogens with one attached hydrogen (secondary N) is 1. The molecule has 20 heavy (non-hydrogen) atoms. The fraction of sp³-hybridized carbons (Fsp3) is 0.143. The van der Waals surface area contributed by atoms with Crippen molar-refractivity contribution in [3.05, 3.63) is 35.0 Å². The highest BCUT2D eigenvalue weighted by atomic mass is 16.2. The number of rotatable bonds is 2. The van der Waals surface area contributed by atoms with Crippen molar-refractivity contribution in [2.75, 3.05) is 17.3 Å². The molecule has 2 rings (SSSR count). The molecule has 0 bridgehead atoms. The summed E-state index contributed by atoms with van der Waals surface area (Å²) in [4.78, 5) is 13.1. The van der Waals surface area contributed by atoms with Gasteiger partial charge < -0.3 is 10.2 Å². The number of carbonyl (C=O) groups excluding carboxylic acids is 1. The first-order valence-corrected chi connectivity index (χ1v) is 5.71. The zero-order chi connectivity index (χ0) is 14.7. The lowest BCUT2D eigenvalue weighted by Crippen LogP contribution is -2.20. The van der Waals surface area contributed by atoms with E-state index in [9.17, 15) is 4.79 Å². The van der Waals surface area contributed by atoms with Crippen LogP contribution in [-0.2, 0) is 11.2 Å². The number of amides is 1. The van der Waals surface area contributed by atoms with Gasteiger partial charge >= 0.3 is 0 Å². The summed E-state index contributed by atoms with van der Waals surface area (Å²) in [6, 6.07) is 10.3. The Hall–Kier alpha value is -3.30. The zero-order valence-corrected chi connectivity index (χ0v) is 10.6. The molecule has 1 N–H and O–H groups in total. The van der Waals surface area contributed by atoms with Gasteiger partial charge in [-0.05, 0) is 17.7 Å². The number of benzene rings is 1. The lowest BCUT2D eigenvalue weighted by atomic mass is 10.1. The lowest BCUT2D eigenvalue weighted by molar-refractivity contribution is -0.117. The molecule has 1 aliphatic heterocycles. The Morgan fingerprint density at radius 1 is 1.25 bits per heavy atom. The summed E-state index contributed by atoms with van der Waals surface area (Å²) in [5.41, 5.74) is 1.82. The predicted octanol–water partition coefficient (Wildman–Crippen LogP) is 1.44. The van der Waals surface area contributed by atoms with E-state index in [1.54, 1.807) is 43.5 Å². The van der Waals surface area contributed by atoms with Gasteiger partial charge in [0.2, 0.25) is 5.91 Å². The average molecular weight is 263 g/mol. The number of nitriles is 3. The Bertz CT molecular complexity index is 726. The highest BCUT2D eigenvalue weighted by Crippen LogP contribution is 2.30. The number of anilines is 2. The van der Waals surface area contributed by atoms with Crippen LogP contribution >= 0.6 is 0 Å². The van der Waals surface area contributed by atoms with Gasteiger partial charge in [-0.3, -0.25) is 4.79 Å². The van der Waals surface area contributed by atoms with Crippen LogP contribution in [0, 0.1) is 34.0 Å². The van der Waals surface area contributed by atoms with E-state index in [0.717, 1.165) is 11.3 Å². The molecule has 0 atom stereocenters. The second-order valence-corrected chi connectivity index (χ2v) is 4.18. The average Bonchev–Trinajstić information content (AvgIpc) is 2.74. The van der Waals surface area contributed by atoms with Crippen LogP contribution in [0.25, 0.3) is 0 Å². The minimum Gasteiger partial charge on any atom is -0.345 e. The molecule has 0 aliphatic carbocycles. The van der Waals surface area contributed by atoms with Crippen LogP contribution in [0.1, 0.15) is 5.56 Å². The van der Waals surface area contributed by atoms with Crippen molar-refractivity contribution >= 4 is 17.3 Å².